The highest BCUT2D eigenvalue weighted by Crippen LogP contribution is 2.16. The van der Waals surface area contributed by atoms with Crippen molar-refractivity contribution in [3.63, 3.8) is 0 Å². The SMILES string of the molecule is CCc1nc2ccccc2c(=O)n1CCOc1ccc(CC(OC(C)CC)C(=O)O)cc1. The second kappa shape index (κ2) is 10.9. The summed E-state index contributed by atoms with van der Waals surface area (Å²) in [5, 5.41) is 10.0. The van der Waals surface area contributed by atoms with E-state index >= 15 is 0 Å². The summed E-state index contributed by atoms with van der Waals surface area (Å²) >= 11 is 0. The summed E-state index contributed by atoms with van der Waals surface area (Å²) in [6.45, 7) is 6.52. The molecule has 2 unspecified atom stereocenters. The minimum atomic E-state index is -0.966. The van der Waals surface area contributed by atoms with Crippen LogP contribution >= 0.6 is 0 Å². The van der Waals surface area contributed by atoms with Crippen molar-refractivity contribution in [1.82, 2.24) is 9.55 Å². The molecule has 2 atom stereocenters. The summed E-state index contributed by atoms with van der Waals surface area (Å²) < 4.78 is 13.1. The number of carboxylic acid groups (broad SMARTS) is 1. The van der Waals surface area contributed by atoms with E-state index in [9.17, 15) is 14.7 Å². The van der Waals surface area contributed by atoms with Crippen LogP contribution in [0.4, 0.5) is 0 Å². The van der Waals surface area contributed by atoms with E-state index in [4.69, 9.17) is 9.47 Å². The number of nitrogens with zero attached hydrogens (tertiary/aromatic N) is 2. The molecule has 0 saturated carbocycles. The van der Waals surface area contributed by atoms with Crippen molar-refractivity contribution in [1.29, 1.82) is 0 Å². The van der Waals surface area contributed by atoms with E-state index in [0.29, 0.717) is 36.2 Å². The van der Waals surface area contributed by atoms with E-state index < -0.39 is 12.1 Å². The molecule has 0 saturated heterocycles. The van der Waals surface area contributed by atoms with Crippen molar-refractivity contribution in [3.05, 3.63) is 70.3 Å². The smallest absolute Gasteiger partial charge is 0.333 e. The van der Waals surface area contributed by atoms with Crippen LogP contribution in [0.2, 0.25) is 0 Å². The van der Waals surface area contributed by atoms with E-state index in [1.165, 1.54) is 0 Å². The number of hydrogen-bond acceptors (Lipinski definition) is 5. The first-order valence-electron chi connectivity index (χ1n) is 11.0. The van der Waals surface area contributed by atoms with Crippen LogP contribution in [-0.2, 0) is 28.9 Å². The lowest BCUT2D eigenvalue weighted by atomic mass is 10.1. The Bertz CT molecular complexity index is 1110. The molecule has 7 heteroatoms. The zero-order chi connectivity index (χ0) is 23.1. The van der Waals surface area contributed by atoms with Crippen LogP contribution in [0.5, 0.6) is 5.75 Å². The first kappa shape index (κ1) is 23.5. The maximum Gasteiger partial charge on any atom is 0.333 e. The molecule has 3 aromatic rings. The number of hydrogen-bond donors (Lipinski definition) is 1. The molecule has 0 bridgehead atoms. The van der Waals surface area contributed by atoms with E-state index in [1.54, 1.807) is 22.8 Å². The predicted molar refractivity (Wildman–Crippen MR) is 123 cm³/mol. The number of carbonyl (C=O) groups is 1. The lowest BCUT2D eigenvalue weighted by Gasteiger charge is -2.18. The van der Waals surface area contributed by atoms with Gasteiger partial charge in [0.2, 0.25) is 0 Å². The minimum absolute atomic E-state index is 0.0626. The van der Waals surface area contributed by atoms with Crippen molar-refractivity contribution < 1.29 is 19.4 Å². The van der Waals surface area contributed by atoms with E-state index in [-0.39, 0.29) is 18.1 Å². The molecule has 1 N–H and O–H groups in total. The second-order valence-corrected chi connectivity index (χ2v) is 7.73. The van der Waals surface area contributed by atoms with Crippen LogP contribution in [0, 0.1) is 0 Å². The van der Waals surface area contributed by atoms with Gasteiger partial charge in [0.15, 0.2) is 6.10 Å². The number of carboxylic acids is 1. The maximum absolute atomic E-state index is 12.9. The molecule has 0 fully saturated rings. The number of aliphatic carboxylic acids is 1. The molecular weight excluding hydrogens is 408 g/mol. The highest BCUT2D eigenvalue weighted by Gasteiger charge is 2.21. The fraction of sp³-hybridized carbons (Fsp3) is 0.400. The Morgan fingerprint density at radius 2 is 1.84 bits per heavy atom. The third kappa shape index (κ3) is 5.73. The van der Waals surface area contributed by atoms with E-state index in [0.717, 1.165) is 17.8 Å². The lowest BCUT2D eigenvalue weighted by Crippen LogP contribution is -2.30. The average Bonchev–Trinajstić information content (AvgIpc) is 2.80. The van der Waals surface area contributed by atoms with Gasteiger partial charge in [0.1, 0.15) is 18.2 Å². The van der Waals surface area contributed by atoms with Gasteiger partial charge in [-0.25, -0.2) is 9.78 Å². The molecule has 7 nitrogen and oxygen atoms in total. The van der Waals surface area contributed by atoms with Crippen LogP contribution in [0.15, 0.2) is 53.3 Å². The Balaban J connectivity index is 1.63. The van der Waals surface area contributed by atoms with Crippen LogP contribution in [-0.4, -0.2) is 39.4 Å². The Morgan fingerprint density at radius 1 is 1.12 bits per heavy atom. The quantitative estimate of drug-likeness (QED) is 0.489. The van der Waals surface area contributed by atoms with E-state index in [1.807, 2.05) is 51.1 Å². The molecule has 0 spiro atoms. The third-order valence-corrected chi connectivity index (χ3v) is 5.43. The lowest BCUT2D eigenvalue weighted by molar-refractivity contribution is -0.153. The van der Waals surface area contributed by atoms with Gasteiger partial charge in [-0.15, -0.1) is 0 Å². The Hall–Kier alpha value is -3.19. The Morgan fingerprint density at radius 3 is 2.50 bits per heavy atom. The molecule has 0 amide bonds. The maximum atomic E-state index is 12.9. The first-order valence-corrected chi connectivity index (χ1v) is 11.0. The third-order valence-electron chi connectivity index (χ3n) is 5.43. The molecule has 0 aliphatic rings. The average molecular weight is 439 g/mol. The normalized spacial score (nSPS) is 13.1. The zero-order valence-electron chi connectivity index (χ0n) is 18.8. The highest BCUT2D eigenvalue weighted by molar-refractivity contribution is 5.77. The number of ether oxygens (including phenoxy) is 2. The number of aryl methyl sites for hydroxylation is 1. The van der Waals surface area contributed by atoms with Gasteiger partial charge >= 0.3 is 5.97 Å². The molecule has 0 radical (unpaired) electrons. The summed E-state index contributed by atoms with van der Waals surface area (Å²) in [5.41, 5.74) is 1.50. The molecule has 32 heavy (non-hydrogen) atoms. The van der Waals surface area contributed by atoms with Gasteiger partial charge in [-0.1, -0.05) is 38.1 Å². The second-order valence-electron chi connectivity index (χ2n) is 7.73. The fourth-order valence-electron chi connectivity index (χ4n) is 3.48. The van der Waals surface area contributed by atoms with Crippen LogP contribution in [0.1, 0.15) is 38.6 Å². The van der Waals surface area contributed by atoms with Crippen molar-refractivity contribution in [2.45, 2.75) is 58.8 Å². The molecule has 1 heterocycles. The summed E-state index contributed by atoms with van der Waals surface area (Å²) in [6, 6.07) is 14.6. The minimum Gasteiger partial charge on any atom is -0.492 e. The van der Waals surface area contributed by atoms with Crippen LogP contribution in [0.3, 0.4) is 0 Å². The number of rotatable bonds is 11. The van der Waals surface area contributed by atoms with Crippen molar-refractivity contribution in [3.8, 4) is 5.75 Å². The zero-order valence-corrected chi connectivity index (χ0v) is 18.8. The molecule has 3 rings (SSSR count). The fourth-order valence-corrected chi connectivity index (χ4v) is 3.48. The summed E-state index contributed by atoms with van der Waals surface area (Å²) in [6.07, 6.45) is 0.707. The first-order chi connectivity index (χ1) is 15.4. The van der Waals surface area contributed by atoms with Crippen molar-refractivity contribution in [2.24, 2.45) is 0 Å². The number of aromatic nitrogens is 2. The van der Waals surface area contributed by atoms with Gasteiger partial charge < -0.3 is 14.6 Å². The van der Waals surface area contributed by atoms with Gasteiger partial charge in [-0.2, -0.15) is 0 Å². The topological polar surface area (TPSA) is 90.7 Å². The standard InChI is InChI=1S/C25H30N2O5/c1-4-17(3)32-22(25(29)30)16-18-10-12-19(13-11-18)31-15-14-27-23(5-2)26-21-9-7-6-8-20(21)24(27)28/h6-13,17,22H,4-5,14-16H2,1-3H3,(H,29,30). The van der Waals surface area contributed by atoms with Gasteiger partial charge in [0.05, 0.1) is 23.6 Å². The molecule has 0 aliphatic heterocycles. The van der Waals surface area contributed by atoms with Crippen LogP contribution < -0.4 is 10.3 Å². The molecule has 0 aliphatic carbocycles. The molecule has 2 aromatic carbocycles. The van der Waals surface area contributed by atoms with Gasteiger partial charge in [-0.3, -0.25) is 9.36 Å². The number of fused-ring (bicyclic) bond motifs is 1. The molecule has 1 aromatic heterocycles. The summed E-state index contributed by atoms with van der Waals surface area (Å²) in [7, 11) is 0. The van der Waals surface area contributed by atoms with Crippen molar-refractivity contribution >= 4 is 16.9 Å². The van der Waals surface area contributed by atoms with E-state index in [2.05, 4.69) is 4.98 Å². The molecular formula is C25H30N2O5. The highest BCUT2D eigenvalue weighted by atomic mass is 16.5. The van der Waals surface area contributed by atoms with Gasteiger partial charge in [-0.05, 0) is 43.2 Å². The largest absolute Gasteiger partial charge is 0.492 e. The monoisotopic (exact) mass is 438 g/mol. The van der Waals surface area contributed by atoms with Gasteiger partial charge in [0.25, 0.3) is 5.56 Å². The predicted octanol–water partition coefficient (Wildman–Crippen LogP) is 3.85. The molecule has 170 valence electrons. The summed E-state index contributed by atoms with van der Waals surface area (Å²) in [5.74, 6) is 0.420. The number of benzene rings is 2. The van der Waals surface area contributed by atoms with Crippen molar-refractivity contribution in [2.75, 3.05) is 6.61 Å². The Labute approximate surface area is 187 Å². The van der Waals surface area contributed by atoms with Gasteiger partial charge in [0, 0.05) is 12.8 Å². The number of para-hydroxylation sites is 1. The Kier molecular flexibility index (Phi) is 8.00. The summed E-state index contributed by atoms with van der Waals surface area (Å²) in [4.78, 5) is 28.9. The van der Waals surface area contributed by atoms with Crippen LogP contribution in [0.25, 0.3) is 10.9 Å².